The largest absolute Gasteiger partial charge is 0.346 e. The van der Waals surface area contributed by atoms with Crippen molar-refractivity contribution in [3.05, 3.63) is 58.3 Å². The molecule has 1 aliphatic heterocycles. The van der Waals surface area contributed by atoms with Crippen LogP contribution in [-0.4, -0.2) is 11.7 Å². The highest BCUT2D eigenvalue weighted by molar-refractivity contribution is 6.31. The lowest BCUT2D eigenvalue weighted by Gasteiger charge is -2.21. The predicted octanol–water partition coefficient (Wildman–Crippen LogP) is 3.60. The van der Waals surface area contributed by atoms with Gasteiger partial charge >= 0.3 is 6.03 Å². The number of nitriles is 1. The van der Waals surface area contributed by atoms with Crippen LogP contribution >= 0.6 is 11.6 Å². The number of rotatable bonds is 2. The number of carbonyl (C=O) groups is 1. The summed E-state index contributed by atoms with van der Waals surface area (Å²) in [5, 5.41) is 12.9. The number of benzene rings is 1. The highest BCUT2D eigenvalue weighted by Crippen LogP contribution is 2.51. The van der Waals surface area contributed by atoms with Gasteiger partial charge in [-0.2, -0.15) is 10.3 Å². The van der Waals surface area contributed by atoms with Crippen molar-refractivity contribution < 1.29 is 4.79 Å². The Balaban J connectivity index is 1.82. The Kier molecular flexibility index (Phi) is 2.75. The SMILES string of the molecule is N#CC1(c2cccc(Cl)c2C2C=CC3=NC(=O)NC3=C2)CC1. The fourth-order valence-corrected chi connectivity index (χ4v) is 3.40. The maximum absolute atomic E-state index is 11.4. The van der Waals surface area contributed by atoms with Crippen molar-refractivity contribution in [2.45, 2.75) is 24.2 Å². The second-order valence-corrected chi connectivity index (χ2v) is 6.19. The van der Waals surface area contributed by atoms with Gasteiger partial charge in [-0.15, -0.1) is 0 Å². The van der Waals surface area contributed by atoms with Crippen LogP contribution in [0.3, 0.4) is 0 Å². The highest BCUT2D eigenvalue weighted by atomic mass is 35.5. The number of halogens is 1. The Morgan fingerprint density at radius 1 is 1.41 bits per heavy atom. The van der Waals surface area contributed by atoms with E-state index in [0.29, 0.717) is 16.4 Å². The zero-order chi connectivity index (χ0) is 15.3. The molecule has 1 atom stereocenters. The molecule has 0 bridgehead atoms. The lowest BCUT2D eigenvalue weighted by molar-refractivity contribution is 0.253. The van der Waals surface area contributed by atoms with E-state index < -0.39 is 5.41 Å². The molecule has 3 aliphatic rings. The van der Waals surface area contributed by atoms with Gasteiger partial charge in [-0.3, -0.25) is 0 Å². The Morgan fingerprint density at radius 3 is 2.95 bits per heavy atom. The van der Waals surface area contributed by atoms with E-state index in [2.05, 4.69) is 16.4 Å². The fraction of sp³-hybridized carbons (Fsp3) is 0.235. The Morgan fingerprint density at radius 2 is 2.23 bits per heavy atom. The third kappa shape index (κ3) is 1.90. The number of urea groups is 1. The highest BCUT2D eigenvalue weighted by Gasteiger charge is 2.47. The van der Waals surface area contributed by atoms with Crippen molar-refractivity contribution in [2.24, 2.45) is 4.99 Å². The molecule has 4 rings (SSSR count). The van der Waals surface area contributed by atoms with Crippen LogP contribution in [0, 0.1) is 11.3 Å². The molecule has 1 saturated carbocycles. The number of nitrogens with zero attached hydrogens (tertiary/aromatic N) is 2. The third-order valence-electron chi connectivity index (χ3n) is 4.41. The predicted molar refractivity (Wildman–Crippen MR) is 83.9 cm³/mol. The zero-order valence-corrected chi connectivity index (χ0v) is 12.4. The standard InChI is InChI=1S/C17H12ClN3O/c18-12-3-1-2-11(17(9-19)6-7-17)15(12)10-4-5-13-14(8-10)21-16(22)20-13/h1-5,8,10H,6-7H2,(H,21,22). The molecule has 4 nitrogen and oxygen atoms in total. The number of hydrogen-bond acceptors (Lipinski definition) is 2. The van der Waals surface area contributed by atoms with Crippen LogP contribution in [0.25, 0.3) is 0 Å². The van der Waals surface area contributed by atoms with Crippen molar-refractivity contribution in [1.29, 1.82) is 5.26 Å². The second kappa shape index (κ2) is 4.56. The maximum Gasteiger partial charge on any atom is 0.346 e. The molecule has 0 spiro atoms. The molecule has 1 aromatic rings. The van der Waals surface area contributed by atoms with E-state index in [0.717, 1.165) is 24.0 Å². The number of fused-ring (bicyclic) bond motifs is 1. The minimum Gasteiger partial charge on any atom is -0.304 e. The normalized spacial score (nSPS) is 24.0. The van der Waals surface area contributed by atoms with Crippen molar-refractivity contribution in [3.63, 3.8) is 0 Å². The van der Waals surface area contributed by atoms with Crippen LogP contribution in [0.1, 0.15) is 29.9 Å². The summed E-state index contributed by atoms with van der Waals surface area (Å²) in [7, 11) is 0. The van der Waals surface area contributed by atoms with E-state index in [1.54, 1.807) is 0 Å². The average molecular weight is 310 g/mol. The number of amides is 2. The van der Waals surface area contributed by atoms with Crippen LogP contribution in [0.2, 0.25) is 5.02 Å². The first kappa shape index (κ1) is 13.3. The summed E-state index contributed by atoms with van der Waals surface area (Å²) in [6.45, 7) is 0. The summed E-state index contributed by atoms with van der Waals surface area (Å²) in [5.74, 6) is -0.0677. The third-order valence-corrected chi connectivity index (χ3v) is 4.74. The number of allylic oxidation sites excluding steroid dienone is 3. The van der Waals surface area contributed by atoms with E-state index in [4.69, 9.17) is 11.6 Å². The molecular weight excluding hydrogens is 298 g/mol. The molecule has 0 radical (unpaired) electrons. The summed E-state index contributed by atoms with van der Waals surface area (Å²) >= 11 is 6.43. The summed E-state index contributed by atoms with van der Waals surface area (Å²) in [5.41, 5.74) is 2.91. The first-order valence-corrected chi connectivity index (χ1v) is 7.51. The summed E-state index contributed by atoms with van der Waals surface area (Å²) in [4.78, 5) is 15.2. The van der Waals surface area contributed by atoms with E-state index in [1.165, 1.54) is 0 Å². The molecule has 5 heteroatoms. The molecule has 2 amide bonds. The van der Waals surface area contributed by atoms with Gasteiger partial charge in [0.25, 0.3) is 0 Å². The summed E-state index contributed by atoms with van der Waals surface area (Å²) in [6, 6.07) is 7.81. The quantitative estimate of drug-likeness (QED) is 0.907. The van der Waals surface area contributed by atoms with E-state index in [1.807, 2.05) is 36.4 Å². The van der Waals surface area contributed by atoms with E-state index in [9.17, 15) is 10.1 Å². The number of aliphatic imine (C=N–C) groups is 1. The van der Waals surface area contributed by atoms with Gasteiger partial charge in [0.2, 0.25) is 0 Å². The molecule has 22 heavy (non-hydrogen) atoms. The van der Waals surface area contributed by atoms with Gasteiger partial charge in [-0.05, 0) is 42.2 Å². The Hall–Kier alpha value is -2.38. The molecule has 1 N–H and O–H groups in total. The Bertz CT molecular complexity index is 825. The molecule has 0 aromatic heterocycles. The number of nitrogens with one attached hydrogen (secondary N) is 1. The van der Waals surface area contributed by atoms with Crippen LogP contribution in [0.5, 0.6) is 0 Å². The second-order valence-electron chi connectivity index (χ2n) is 5.79. The smallest absolute Gasteiger partial charge is 0.304 e. The minimum absolute atomic E-state index is 0.0677. The molecular formula is C17H12ClN3O. The molecule has 1 heterocycles. The maximum atomic E-state index is 11.4. The first-order valence-electron chi connectivity index (χ1n) is 7.13. The molecule has 1 fully saturated rings. The van der Waals surface area contributed by atoms with Gasteiger partial charge in [0, 0.05) is 10.9 Å². The van der Waals surface area contributed by atoms with E-state index >= 15 is 0 Å². The van der Waals surface area contributed by atoms with Crippen LogP contribution < -0.4 is 5.32 Å². The van der Waals surface area contributed by atoms with Gasteiger partial charge in [0.1, 0.15) is 0 Å². The topological polar surface area (TPSA) is 65.2 Å². The van der Waals surface area contributed by atoms with Crippen LogP contribution in [0.4, 0.5) is 4.79 Å². The average Bonchev–Trinajstić information content (AvgIpc) is 3.22. The zero-order valence-electron chi connectivity index (χ0n) is 11.6. The van der Waals surface area contributed by atoms with Gasteiger partial charge in [-0.25, -0.2) is 4.79 Å². The van der Waals surface area contributed by atoms with Gasteiger partial charge in [-0.1, -0.05) is 29.8 Å². The molecule has 1 aromatic carbocycles. The molecule has 108 valence electrons. The van der Waals surface area contributed by atoms with Crippen molar-refractivity contribution in [1.82, 2.24) is 5.32 Å². The van der Waals surface area contributed by atoms with Crippen LogP contribution in [-0.2, 0) is 5.41 Å². The summed E-state index contributed by atoms with van der Waals surface area (Å²) < 4.78 is 0. The number of hydrogen-bond donors (Lipinski definition) is 1. The van der Waals surface area contributed by atoms with Crippen molar-refractivity contribution >= 4 is 23.3 Å². The fourth-order valence-electron chi connectivity index (χ4n) is 3.10. The lowest BCUT2D eigenvalue weighted by atomic mass is 9.83. The lowest BCUT2D eigenvalue weighted by Crippen LogP contribution is -2.18. The number of carbonyl (C=O) groups excluding carboxylic acids is 1. The van der Waals surface area contributed by atoms with E-state index in [-0.39, 0.29) is 11.9 Å². The van der Waals surface area contributed by atoms with Crippen LogP contribution in [0.15, 0.2) is 47.1 Å². The first-order chi connectivity index (χ1) is 10.6. The monoisotopic (exact) mass is 309 g/mol. The van der Waals surface area contributed by atoms with Crippen molar-refractivity contribution in [2.75, 3.05) is 0 Å². The molecule has 1 unspecified atom stereocenters. The minimum atomic E-state index is -0.403. The van der Waals surface area contributed by atoms with Crippen molar-refractivity contribution in [3.8, 4) is 6.07 Å². The van der Waals surface area contributed by atoms with Gasteiger partial charge in [0.05, 0.1) is 22.9 Å². The van der Waals surface area contributed by atoms with Gasteiger partial charge in [0.15, 0.2) is 0 Å². The molecule has 2 aliphatic carbocycles. The Labute approximate surface area is 132 Å². The van der Waals surface area contributed by atoms with Gasteiger partial charge < -0.3 is 5.32 Å². The summed E-state index contributed by atoms with van der Waals surface area (Å²) in [6.07, 6.45) is 7.49. The molecule has 0 saturated heterocycles.